The van der Waals surface area contributed by atoms with E-state index in [9.17, 15) is 0 Å². The third kappa shape index (κ3) is 4.60. The molecule has 1 nitrogen and oxygen atoms in total. The van der Waals surface area contributed by atoms with Gasteiger partial charge in [-0.1, -0.05) is 90.1 Å². The molecule has 1 aliphatic carbocycles. The van der Waals surface area contributed by atoms with Gasteiger partial charge in [0.25, 0.3) is 0 Å². The number of hydrogen-bond acceptors (Lipinski definition) is 1. The van der Waals surface area contributed by atoms with Crippen molar-refractivity contribution in [3.05, 3.63) is 77.6 Å². The van der Waals surface area contributed by atoms with E-state index in [0.29, 0.717) is 23.3 Å². The van der Waals surface area contributed by atoms with Crippen LogP contribution >= 0.6 is 0 Å². The summed E-state index contributed by atoms with van der Waals surface area (Å²) < 4.78 is 0. The summed E-state index contributed by atoms with van der Waals surface area (Å²) >= 11 is 0. The molecule has 1 aromatic rings. The van der Waals surface area contributed by atoms with Gasteiger partial charge in [-0.15, -0.1) is 0 Å². The van der Waals surface area contributed by atoms with Crippen LogP contribution in [0.5, 0.6) is 0 Å². The molecule has 0 fully saturated rings. The Morgan fingerprint density at radius 1 is 0.966 bits per heavy atom. The largest absolute Gasteiger partial charge is 0.337 e. The van der Waals surface area contributed by atoms with Gasteiger partial charge in [0.1, 0.15) is 0 Å². The van der Waals surface area contributed by atoms with Crippen LogP contribution in [0.15, 0.2) is 72.0 Å². The molecule has 0 amide bonds. The summed E-state index contributed by atoms with van der Waals surface area (Å²) in [5.41, 5.74) is 6.12. The summed E-state index contributed by atoms with van der Waals surface area (Å²) in [7, 11) is 0. The van der Waals surface area contributed by atoms with Gasteiger partial charge in [-0.05, 0) is 60.3 Å². The van der Waals surface area contributed by atoms with Crippen LogP contribution in [0, 0.1) is 16.7 Å². The summed E-state index contributed by atoms with van der Waals surface area (Å²) in [4.78, 5) is 2.51. The summed E-state index contributed by atoms with van der Waals surface area (Å²) in [6, 6.07) is 9.79. The molecule has 3 unspecified atom stereocenters. The molecule has 0 N–H and O–H groups in total. The van der Waals surface area contributed by atoms with Crippen molar-refractivity contribution in [2.75, 3.05) is 4.90 Å². The second kappa shape index (κ2) is 8.01. The lowest BCUT2D eigenvalue weighted by Gasteiger charge is -2.36. The normalized spacial score (nSPS) is 23.2. The second-order valence-corrected chi connectivity index (χ2v) is 11.0. The number of fused-ring (bicyclic) bond motifs is 1. The first kappa shape index (κ1) is 21.7. The van der Waals surface area contributed by atoms with E-state index in [4.69, 9.17) is 0 Å². The summed E-state index contributed by atoms with van der Waals surface area (Å²) in [5.74, 6) is 0.995. The molecule has 29 heavy (non-hydrogen) atoms. The minimum Gasteiger partial charge on any atom is -0.337 e. The second-order valence-electron chi connectivity index (χ2n) is 11.0. The predicted octanol–water partition coefficient (Wildman–Crippen LogP) is 8.03. The first-order chi connectivity index (χ1) is 13.5. The van der Waals surface area contributed by atoms with Crippen molar-refractivity contribution >= 4 is 5.69 Å². The highest BCUT2D eigenvalue weighted by atomic mass is 15.2. The van der Waals surface area contributed by atoms with Crippen LogP contribution in [0.1, 0.15) is 73.3 Å². The molecule has 1 aliphatic heterocycles. The van der Waals surface area contributed by atoms with Crippen LogP contribution in [0.4, 0.5) is 5.69 Å². The lowest BCUT2D eigenvalue weighted by atomic mass is 9.69. The van der Waals surface area contributed by atoms with Gasteiger partial charge in [0.15, 0.2) is 0 Å². The Balaban J connectivity index is 1.95. The Morgan fingerprint density at radius 2 is 1.59 bits per heavy atom. The van der Waals surface area contributed by atoms with Gasteiger partial charge in [-0.2, -0.15) is 0 Å². The molecule has 0 spiro atoms. The lowest BCUT2D eigenvalue weighted by Crippen LogP contribution is -2.32. The first-order valence-corrected chi connectivity index (χ1v) is 11.1. The topological polar surface area (TPSA) is 3.24 Å². The smallest absolute Gasteiger partial charge is 0.0626 e. The molecule has 0 bridgehead atoms. The minimum atomic E-state index is 0.249. The van der Waals surface area contributed by atoms with Crippen molar-refractivity contribution < 1.29 is 0 Å². The number of benzene rings is 1. The Labute approximate surface area is 178 Å². The van der Waals surface area contributed by atoms with Crippen LogP contribution in [0.3, 0.4) is 0 Å². The van der Waals surface area contributed by atoms with E-state index < -0.39 is 0 Å². The minimum absolute atomic E-state index is 0.249. The zero-order chi connectivity index (χ0) is 21.4. The monoisotopic (exact) mass is 389 g/mol. The van der Waals surface area contributed by atoms with E-state index in [1.165, 1.54) is 28.9 Å². The van der Waals surface area contributed by atoms with Gasteiger partial charge in [0.2, 0.25) is 0 Å². The first-order valence-electron chi connectivity index (χ1n) is 11.1. The molecule has 1 aromatic carbocycles. The summed E-state index contributed by atoms with van der Waals surface area (Å²) in [6.07, 6.45) is 14.7. The van der Waals surface area contributed by atoms with Crippen LogP contribution < -0.4 is 4.90 Å². The molecule has 0 saturated carbocycles. The quantitative estimate of drug-likeness (QED) is 0.503. The number of anilines is 1. The zero-order valence-electron chi connectivity index (χ0n) is 19.7. The van der Waals surface area contributed by atoms with Gasteiger partial charge in [0.05, 0.1) is 6.04 Å². The SMILES string of the molecule is C/C=C\C1=C(C)N(c2ccc(C(CC(C)(C)C)C(C)(C)C)cc2)C2C=CC=CC12. The molecule has 0 saturated heterocycles. The van der Waals surface area contributed by atoms with E-state index in [2.05, 4.69) is 121 Å². The lowest BCUT2D eigenvalue weighted by molar-refractivity contribution is 0.229. The van der Waals surface area contributed by atoms with E-state index in [-0.39, 0.29) is 5.41 Å². The number of hydrogen-bond donors (Lipinski definition) is 0. The highest BCUT2D eigenvalue weighted by Gasteiger charge is 2.36. The Hall–Kier alpha value is -2.02. The van der Waals surface area contributed by atoms with Gasteiger partial charge in [-0.3, -0.25) is 0 Å². The Bertz CT molecular complexity index is 834. The zero-order valence-corrected chi connectivity index (χ0v) is 19.7. The van der Waals surface area contributed by atoms with Crippen LogP contribution in [0.2, 0.25) is 0 Å². The summed E-state index contributed by atoms with van der Waals surface area (Å²) in [5, 5.41) is 0. The van der Waals surface area contributed by atoms with Gasteiger partial charge in [-0.25, -0.2) is 0 Å². The number of rotatable bonds is 4. The van der Waals surface area contributed by atoms with Crippen LogP contribution in [0.25, 0.3) is 0 Å². The third-order valence-corrected chi connectivity index (χ3v) is 6.32. The fourth-order valence-electron chi connectivity index (χ4n) is 4.91. The fraction of sp³-hybridized carbons (Fsp3) is 0.500. The van der Waals surface area contributed by atoms with Crippen molar-refractivity contribution in [1.82, 2.24) is 0 Å². The van der Waals surface area contributed by atoms with E-state index in [0.717, 1.165) is 0 Å². The maximum absolute atomic E-state index is 2.51. The average Bonchev–Trinajstić information content (AvgIpc) is 2.91. The molecule has 0 aromatic heterocycles. The number of allylic oxidation sites excluding steroid dienone is 5. The molecule has 3 rings (SSSR count). The highest BCUT2D eigenvalue weighted by molar-refractivity contribution is 5.62. The average molecular weight is 390 g/mol. The van der Waals surface area contributed by atoms with Crippen LogP contribution in [-0.2, 0) is 0 Å². The fourth-order valence-corrected chi connectivity index (χ4v) is 4.91. The molecule has 1 heterocycles. The van der Waals surface area contributed by atoms with Crippen molar-refractivity contribution in [1.29, 1.82) is 0 Å². The maximum atomic E-state index is 2.51. The molecular formula is C28H39N. The Morgan fingerprint density at radius 3 is 2.14 bits per heavy atom. The predicted molar refractivity (Wildman–Crippen MR) is 128 cm³/mol. The van der Waals surface area contributed by atoms with Crippen molar-refractivity contribution in [3.63, 3.8) is 0 Å². The molecule has 156 valence electrons. The van der Waals surface area contributed by atoms with Crippen molar-refractivity contribution in [3.8, 4) is 0 Å². The van der Waals surface area contributed by atoms with Gasteiger partial charge < -0.3 is 4.90 Å². The maximum Gasteiger partial charge on any atom is 0.0626 e. The highest BCUT2D eigenvalue weighted by Crippen LogP contribution is 2.45. The third-order valence-electron chi connectivity index (χ3n) is 6.32. The molecule has 1 heteroatoms. The number of nitrogens with zero attached hydrogens (tertiary/aromatic N) is 1. The molecule has 0 radical (unpaired) electrons. The molecule has 2 aliphatic rings. The van der Waals surface area contributed by atoms with Gasteiger partial charge in [0, 0.05) is 17.3 Å². The van der Waals surface area contributed by atoms with E-state index in [1.54, 1.807) is 0 Å². The van der Waals surface area contributed by atoms with Crippen molar-refractivity contribution in [2.24, 2.45) is 16.7 Å². The standard InChI is InChI=1S/C28H39N/c1-9-12-23-20(2)29(26-14-11-10-13-24(23)26)22-17-15-21(16-18-22)25(28(6,7)8)19-27(3,4)5/h9-18,24-26H,19H2,1-8H3/b12-9-. The molecular weight excluding hydrogens is 350 g/mol. The van der Waals surface area contributed by atoms with Gasteiger partial charge >= 0.3 is 0 Å². The van der Waals surface area contributed by atoms with Crippen LogP contribution in [-0.4, -0.2) is 6.04 Å². The summed E-state index contributed by atoms with van der Waals surface area (Å²) in [6.45, 7) is 18.5. The van der Waals surface area contributed by atoms with Crippen molar-refractivity contribution in [2.45, 2.75) is 73.8 Å². The Kier molecular flexibility index (Phi) is 5.99. The molecule has 3 atom stereocenters. The van der Waals surface area contributed by atoms with E-state index >= 15 is 0 Å². The van der Waals surface area contributed by atoms with E-state index in [1.807, 2.05) is 0 Å².